The summed E-state index contributed by atoms with van der Waals surface area (Å²) in [5.41, 5.74) is 1.80. The van der Waals surface area contributed by atoms with Crippen LogP contribution in [0.25, 0.3) is 16.6 Å². The minimum absolute atomic E-state index is 0.0486. The van der Waals surface area contributed by atoms with Crippen LogP contribution in [0.15, 0.2) is 29.4 Å². The van der Waals surface area contributed by atoms with E-state index in [0.717, 1.165) is 46.1 Å². The third-order valence-electron chi connectivity index (χ3n) is 4.47. The zero-order valence-corrected chi connectivity index (χ0v) is 14.5. The summed E-state index contributed by atoms with van der Waals surface area (Å²) in [4.78, 5) is 20.9. The van der Waals surface area contributed by atoms with Crippen molar-refractivity contribution in [1.82, 2.24) is 19.6 Å². The van der Waals surface area contributed by atoms with Gasteiger partial charge in [-0.05, 0) is 37.3 Å². The number of esters is 1. The van der Waals surface area contributed by atoms with Gasteiger partial charge in [0.2, 0.25) is 0 Å². The molecule has 7 heteroatoms. The number of benzene rings is 1. The maximum atomic E-state index is 11.6. The molecule has 0 spiro atoms. The Labute approximate surface area is 143 Å². The number of nitrogens with zero attached hydrogens (tertiary/aromatic N) is 4. The first-order valence-electron chi connectivity index (χ1n) is 7.92. The average Bonchev–Trinajstić information content (AvgIpc) is 3.23. The number of carbonyl (C=O) groups excluding carboxylic acids is 1. The van der Waals surface area contributed by atoms with E-state index >= 15 is 0 Å². The van der Waals surface area contributed by atoms with Crippen LogP contribution in [0.5, 0.6) is 0 Å². The fourth-order valence-electron chi connectivity index (χ4n) is 2.87. The molecule has 0 bridgehead atoms. The fourth-order valence-corrected chi connectivity index (χ4v) is 4.11. The second kappa shape index (κ2) is 5.73. The molecule has 2 heterocycles. The second-order valence-electron chi connectivity index (χ2n) is 6.35. The predicted molar refractivity (Wildman–Crippen MR) is 92.0 cm³/mol. The zero-order valence-electron chi connectivity index (χ0n) is 13.7. The quantitative estimate of drug-likeness (QED) is 0.403. The Morgan fingerprint density at radius 1 is 1.33 bits per heavy atom. The molecule has 2 aromatic heterocycles. The first-order chi connectivity index (χ1) is 11.6. The first kappa shape index (κ1) is 15.4. The molecule has 4 rings (SSSR count). The molecule has 1 aliphatic rings. The van der Waals surface area contributed by atoms with Crippen LogP contribution in [0.2, 0.25) is 0 Å². The molecule has 6 nitrogen and oxygen atoms in total. The highest BCUT2D eigenvalue weighted by Crippen LogP contribution is 2.52. The second-order valence-corrected chi connectivity index (χ2v) is 7.29. The highest BCUT2D eigenvalue weighted by molar-refractivity contribution is 7.99. The van der Waals surface area contributed by atoms with Gasteiger partial charge >= 0.3 is 5.97 Å². The van der Waals surface area contributed by atoms with Crippen molar-refractivity contribution in [2.75, 3.05) is 12.9 Å². The molecule has 1 aliphatic carbocycles. The van der Waals surface area contributed by atoms with Gasteiger partial charge in [0.25, 0.3) is 0 Å². The number of aryl methyl sites for hydroxylation is 1. The number of thioether (sulfide) groups is 1. The molecule has 1 aromatic carbocycles. The van der Waals surface area contributed by atoms with E-state index in [-0.39, 0.29) is 11.4 Å². The number of aromatic nitrogens is 4. The number of carbonyl (C=O) groups is 1. The maximum absolute atomic E-state index is 11.6. The largest absolute Gasteiger partial charge is 0.469 e. The van der Waals surface area contributed by atoms with E-state index < -0.39 is 0 Å². The molecule has 0 unspecified atom stereocenters. The Balaban J connectivity index is 1.67. The Bertz CT molecular complexity index is 933. The number of methoxy groups -OCH3 is 1. The summed E-state index contributed by atoms with van der Waals surface area (Å²) < 4.78 is 6.63. The maximum Gasteiger partial charge on any atom is 0.306 e. The van der Waals surface area contributed by atoms with Gasteiger partial charge in [-0.25, -0.2) is 9.97 Å². The van der Waals surface area contributed by atoms with Crippen molar-refractivity contribution in [1.29, 1.82) is 0 Å². The van der Waals surface area contributed by atoms with Gasteiger partial charge in [-0.2, -0.15) is 4.52 Å². The van der Waals surface area contributed by atoms with Crippen LogP contribution >= 0.6 is 11.8 Å². The summed E-state index contributed by atoms with van der Waals surface area (Å²) in [6, 6.07) is 7.96. The molecule has 0 N–H and O–H groups in total. The lowest BCUT2D eigenvalue weighted by molar-refractivity contribution is -0.141. The predicted octanol–water partition coefficient (Wildman–Crippen LogP) is 3.02. The van der Waals surface area contributed by atoms with E-state index in [1.807, 2.05) is 35.7 Å². The number of rotatable bonds is 5. The van der Waals surface area contributed by atoms with E-state index in [0.29, 0.717) is 6.42 Å². The number of hydrogen-bond donors (Lipinski definition) is 0. The first-order valence-corrected chi connectivity index (χ1v) is 8.91. The van der Waals surface area contributed by atoms with Gasteiger partial charge in [0.1, 0.15) is 5.82 Å². The van der Waals surface area contributed by atoms with Crippen molar-refractivity contribution < 1.29 is 9.53 Å². The molecule has 3 aromatic rings. The Morgan fingerprint density at radius 2 is 2.12 bits per heavy atom. The molecule has 0 saturated heterocycles. The number of hydrogen-bond acceptors (Lipinski definition) is 6. The summed E-state index contributed by atoms with van der Waals surface area (Å²) >= 11 is 1.64. The smallest absolute Gasteiger partial charge is 0.306 e. The van der Waals surface area contributed by atoms with Crippen molar-refractivity contribution in [3.8, 4) is 0 Å². The van der Waals surface area contributed by atoms with Crippen LogP contribution in [-0.2, 0) is 9.53 Å². The van der Waals surface area contributed by atoms with Crippen molar-refractivity contribution in [3.05, 3.63) is 30.1 Å². The normalized spacial score (nSPS) is 15.8. The van der Waals surface area contributed by atoms with Crippen LogP contribution < -0.4 is 0 Å². The lowest BCUT2D eigenvalue weighted by atomic mass is 10.1. The fraction of sp³-hybridized carbons (Fsp3) is 0.412. The van der Waals surface area contributed by atoms with Gasteiger partial charge in [0, 0.05) is 11.1 Å². The Morgan fingerprint density at radius 3 is 2.88 bits per heavy atom. The van der Waals surface area contributed by atoms with Gasteiger partial charge < -0.3 is 4.74 Å². The van der Waals surface area contributed by atoms with Crippen LogP contribution in [0.4, 0.5) is 0 Å². The number of fused-ring (bicyclic) bond motifs is 3. The average molecular weight is 342 g/mol. The lowest BCUT2D eigenvalue weighted by Crippen LogP contribution is -2.13. The number of para-hydroxylation sites is 1. The zero-order chi connectivity index (χ0) is 16.7. The van der Waals surface area contributed by atoms with Crippen LogP contribution in [-0.4, -0.2) is 38.4 Å². The van der Waals surface area contributed by atoms with Crippen LogP contribution in [0.3, 0.4) is 0 Å². The highest BCUT2D eigenvalue weighted by Gasteiger charge is 2.44. The third-order valence-corrected chi connectivity index (χ3v) is 5.75. The molecule has 0 amide bonds. The van der Waals surface area contributed by atoms with Crippen molar-refractivity contribution in [3.63, 3.8) is 0 Å². The van der Waals surface area contributed by atoms with Gasteiger partial charge in [-0.3, -0.25) is 4.79 Å². The van der Waals surface area contributed by atoms with Crippen LogP contribution in [0.1, 0.15) is 25.1 Å². The van der Waals surface area contributed by atoms with E-state index in [9.17, 15) is 4.79 Å². The molecular weight excluding hydrogens is 324 g/mol. The molecule has 24 heavy (non-hydrogen) atoms. The Hall–Kier alpha value is -2.15. The topological polar surface area (TPSA) is 69.4 Å². The summed E-state index contributed by atoms with van der Waals surface area (Å²) in [5.74, 6) is 1.42. The van der Waals surface area contributed by atoms with E-state index in [2.05, 4.69) is 10.1 Å². The van der Waals surface area contributed by atoms with E-state index in [4.69, 9.17) is 9.72 Å². The van der Waals surface area contributed by atoms with Gasteiger partial charge in [0.05, 0.1) is 19.0 Å². The van der Waals surface area contributed by atoms with Crippen molar-refractivity contribution in [2.24, 2.45) is 5.41 Å². The summed E-state index contributed by atoms with van der Waals surface area (Å²) in [6.07, 6.45) is 2.59. The molecule has 124 valence electrons. The van der Waals surface area contributed by atoms with Gasteiger partial charge in [-0.15, -0.1) is 5.10 Å². The SMILES string of the molecule is COC(=O)CC1(CSc2nc3ccccc3c3nc(C)nn23)CC1. The molecule has 1 saturated carbocycles. The summed E-state index contributed by atoms with van der Waals surface area (Å²) in [7, 11) is 1.44. The minimum Gasteiger partial charge on any atom is -0.469 e. The molecule has 0 atom stereocenters. The van der Waals surface area contributed by atoms with E-state index in [1.54, 1.807) is 11.8 Å². The highest BCUT2D eigenvalue weighted by atomic mass is 32.2. The lowest BCUT2D eigenvalue weighted by Gasteiger charge is -2.13. The summed E-state index contributed by atoms with van der Waals surface area (Å²) in [6.45, 7) is 1.88. The molecule has 1 fully saturated rings. The molecular formula is C17H18N4O2S. The Kier molecular flexibility index (Phi) is 3.68. The van der Waals surface area contributed by atoms with Crippen molar-refractivity contribution >= 4 is 34.3 Å². The van der Waals surface area contributed by atoms with E-state index in [1.165, 1.54) is 7.11 Å². The van der Waals surface area contributed by atoms with Gasteiger partial charge in [0.15, 0.2) is 10.8 Å². The van der Waals surface area contributed by atoms with Crippen molar-refractivity contribution in [2.45, 2.75) is 31.3 Å². The summed E-state index contributed by atoms with van der Waals surface area (Å²) in [5, 5.41) is 6.31. The standard InChI is InChI=1S/C17H18N4O2S/c1-11-18-15-12-5-3-4-6-13(12)19-16(21(15)20-11)24-10-17(7-8-17)9-14(22)23-2/h3-6H,7-10H2,1-2H3. The minimum atomic E-state index is -0.138. The number of ether oxygens (including phenoxy) is 1. The third kappa shape index (κ3) is 2.73. The van der Waals surface area contributed by atoms with Gasteiger partial charge in [-0.1, -0.05) is 23.9 Å². The van der Waals surface area contributed by atoms with Crippen LogP contribution in [0, 0.1) is 12.3 Å². The molecule has 0 radical (unpaired) electrons. The molecule has 0 aliphatic heterocycles. The monoisotopic (exact) mass is 342 g/mol.